The highest BCUT2D eigenvalue weighted by Crippen LogP contribution is 2.32. The molecule has 3 heterocycles. The number of likely N-dealkylation sites (N-methyl/N-ethyl adjacent to an activating group) is 1. The molecule has 1 amide bonds. The smallest absolute Gasteiger partial charge is 0.246 e. The van der Waals surface area contributed by atoms with Gasteiger partial charge in [0.05, 0.1) is 17.6 Å². The summed E-state index contributed by atoms with van der Waals surface area (Å²) in [4.78, 5) is 26.9. The van der Waals surface area contributed by atoms with E-state index < -0.39 is 0 Å². The molecule has 3 aromatic rings. The second-order valence-corrected chi connectivity index (χ2v) is 7.36. The number of carbonyl (C=O) groups is 1. The molecule has 8 nitrogen and oxygen atoms in total. The second-order valence-electron chi connectivity index (χ2n) is 7.36. The van der Waals surface area contributed by atoms with Gasteiger partial charge in [-0.1, -0.05) is 12.1 Å². The number of halogens is 1. The van der Waals surface area contributed by atoms with Crippen LogP contribution in [-0.2, 0) is 17.9 Å². The first-order valence-electron chi connectivity index (χ1n) is 9.89. The van der Waals surface area contributed by atoms with Crippen LogP contribution >= 0.6 is 0 Å². The molecule has 0 saturated heterocycles. The fourth-order valence-electron chi connectivity index (χ4n) is 3.16. The number of benzene rings is 1. The molecule has 160 valence electrons. The number of ether oxygens (including phenoxy) is 1. The number of nitrogens with one attached hydrogen (secondary N) is 2. The number of rotatable bonds is 6. The minimum atomic E-state index is -0.371. The third kappa shape index (κ3) is 4.55. The first-order valence-corrected chi connectivity index (χ1v) is 9.89. The highest BCUT2D eigenvalue weighted by atomic mass is 19.1. The molecular formula is C22H23FN6O2. The highest BCUT2D eigenvalue weighted by molar-refractivity contribution is 6.03. The first kappa shape index (κ1) is 20.5. The van der Waals surface area contributed by atoms with Crippen molar-refractivity contribution in [1.82, 2.24) is 15.0 Å². The zero-order valence-corrected chi connectivity index (χ0v) is 17.5. The fourth-order valence-corrected chi connectivity index (χ4v) is 3.16. The number of anilines is 3. The Kier molecular flexibility index (Phi) is 5.66. The number of aromatic nitrogens is 3. The minimum Gasteiger partial charge on any atom is -0.487 e. The Morgan fingerprint density at radius 1 is 1.19 bits per heavy atom. The van der Waals surface area contributed by atoms with Crippen molar-refractivity contribution >= 4 is 23.4 Å². The third-order valence-corrected chi connectivity index (χ3v) is 5.16. The van der Waals surface area contributed by atoms with Crippen LogP contribution in [0.2, 0.25) is 0 Å². The predicted octanol–water partition coefficient (Wildman–Crippen LogP) is 3.29. The van der Waals surface area contributed by atoms with Gasteiger partial charge in [-0.3, -0.25) is 9.78 Å². The lowest BCUT2D eigenvalue weighted by atomic mass is 10.2. The van der Waals surface area contributed by atoms with Crippen LogP contribution in [0.4, 0.5) is 21.8 Å². The molecule has 0 aliphatic carbocycles. The topological polar surface area (TPSA) is 92.3 Å². The lowest BCUT2D eigenvalue weighted by Crippen LogP contribution is -2.44. The molecule has 0 saturated carbocycles. The maximum Gasteiger partial charge on any atom is 0.246 e. The van der Waals surface area contributed by atoms with Crippen LogP contribution in [0.5, 0.6) is 5.75 Å². The van der Waals surface area contributed by atoms with Crippen molar-refractivity contribution in [3.8, 4) is 5.75 Å². The van der Waals surface area contributed by atoms with Gasteiger partial charge in [0.25, 0.3) is 0 Å². The lowest BCUT2D eigenvalue weighted by molar-refractivity contribution is -0.117. The largest absolute Gasteiger partial charge is 0.487 e. The van der Waals surface area contributed by atoms with E-state index >= 15 is 0 Å². The molecule has 0 radical (unpaired) electrons. The molecular weight excluding hydrogens is 399 g/mol. The summed E-state index contributed by atoms with van der Waals surface area (Å²) < 4.78 is 18.6. The number of nitrogens with zero attached hydrogens (tertiary/aromatic N) is 4. The number of aryl methyl sites for hydroxylation is 1. The van der Waals surface area contributed by atoms with E-state index in [2.05, 4.69) is 25.6 Å². The maximum absolute atomic E-state index is 12.9. The van der Waals surface area contributed by atoms with E-state index in [1.807, 2.05) is 50.1 Å². The predicted molar refractivity (Wildman–Crippen MR) is 116 cm³/mol. The third-order valence-electron chi connectivity index (χ3n) is 5.16. The van der Waals surface area contributed by atoms with Crippen LogP contribution < -0.4 is 20.3 Å². The summed E-state index contributed by atoms with van der Waals surface area (Å²) >= 11 is 0. The molecule has 2 aromatic heterocycles. The van der Waals surface area contributed by atoms with E-state index in [0.717, 1.165) is 5.56 Å². The summed E-state index contributed by atoms with van der Waals surface area (Å²) in [5.74, 6) is 1.45. The quantitative estimate of drug-likeness (QED) is 0.630. The van der Waals surface area contributed by atoms with Crippen molar-refractivity contribution in [2.75, 3.05) is 22.6 Å². The Hall–Kier alpha value is -3.75. The van der Waals surface area contributed by atoms with E-state index in [1.165, 1.54) is 12.3 Å². The van der Waals surface area contributed by atoms with Crippen molar-refractivity contribution in [2.24, 2.45) is 0 Å². The number of hydrogen-bond donors (Lipinski definition) is 2. The van der Waals surface area contributed by atoms with Crippen molar-refractivity contribution in [1.29, 1.82) is 0 Å². The summed E-state index contributed by atoms with van der Waals surface area (Å²) in [6, 6.07) is 10.3. The van der Waals surface area contributed by atoms with Gasteiger partial charge >= 0.3 is 0 Å². The molecule has 1 aliphatic heterocycles. The average Bonchev–Trinajstić information content (AvgIpc) is 2.77. The lowest BCUT2D eigenvalue weighted by Gasteiger charge is -2.32. The number of carbonyl (C=O) groups excluding carboxylic acids is 1. The number of pyridine rings is 1. The monoisotopic (exact) mass is 422 g/mol. The van der Waals surface area contributed by atoms with Crippen molar-refractivity contribution in [2.45, 2.75) is 33.0 Å². The molecule has 4 rings (SSSR count). The van der Waals surface area contributed by atoms with Gasteiger partial charge in [0.15, 0.2) is 5.82 Å². The maximum atomic E-state index is 12.9. The molecule has 2 N–H and O–H groups in total. The molecule has 1 atom stereocenters. The SMILES string of the molecule is Cc1nc(NCc2ccc(OCc3ccc(F)cn3)cc2)nc2c1NC(=O)[C@H](C)N2C. The van der Waals surface area contributed by atoms with Gasteiger partial charge in [-0.2, -0.15) is 4.98 Å². The van der Waals surface area contributed by atoms with Crippen LogP contribution in [0.3, 0.4) is 0 Å². The van der Waals surface area contributed by atoms with Gasteiger partial charge < -0.3 is 20.3 Å². The van der Waals surface area contributed by atoms with Crippen molar-refractivity contribution in [3.63, 3.8) is 0 Å². The van der Waals surface area contributed by atoms with Gasteiger partial charge in [0.2, 0.25) is 11.9 Å². The zero-order chi connectivity index (χ0) is 22.0. The Morgan fingerprint density at radius 3 is 2.68 bits per heavy atom. The van der Waals surface area contributed by atoms with Gasteiger partial charge in [0, 0.05) is 13.6 Å². The summed E-state index contributed by atoms with van der Waals surface area (Å²) in [5, 5.41) is 6.10. The summed E-state index contributed by atoms with van der Waals surface area (Å²) in [5.41, 5.74) is 3.04. The number of hydrogen-bond acceptors (Lipinski definition) is 7. The second kappa shape index (κ2) is 8.55. The Morgan fingerprint density at radius 2 is 1.97 bits per heavy atom. The molecule has 1 aromatic carbocycles. The minimum absolute atomic E-state index is 0.0695. The fraction of sp³-hybridized carbons (Fsp3) is 0.273. The average molecular weight is 422 g/mol. The highest BCUT2D eigenvalue weighted by Gasteiger charge is 2.30. The van der Waals surface area contributed by atoms with E-state index in [-0.39, 0.29) is 24.4 Å². The van der Waals surface area contributed by atoms with E-state index in [4.69, 9.17) is 4.74 Å². The standard InChI is InChI=1S/C22H23FN6O2/c1-13-19-20(29(3)14(2)21(30)27-19)28-22(26-13)25-10-15-4-8-18(9-5-15)31-12-17-7-6-16(23)11-24-17/h4-9,11,14H,10,12H2,1-3H3,(H,27,30)(H,25,26,28)/t14-/m0/s1. The van der Waals surface area contributed by atoms with Crippen LogP contribution in [0, 0.1) is 12.7 Å². The summed E-state index contributed by atoms with van der Waals surface area (Å²) in [6.45, 7) is 4.47. The van der Waals surface area contributed by atoms with E-state index in [9.17, 15) is 9.18 Å². The summed E-state index contributed by atoms with van der Waals surface area (Å²) in [6.07, 6.45) is 1.17. The van der Waals surface area contributed by atoms with Crippen LogP contribution in [0.1, 0.15) is 23.9 Å². The molecule has 9 heteroatoms. The van der Waals surface area contributed by atoms with Crippen LogP contribution in [0.25, 0.3) is 0 Å². The number of fused-ring (bicyclic) bond motifs is 1. The molecule has 0 fully saturated rings. The van der Waals surface area contributed by atoms with Crippen LogP contribution in [-0.4, -0.2) is 33.9 Å². The van der Waals surface area contributed by atoms with Crippen molar-refractivity contribution < 1.29 is 13.9 Å². The Balaban J connectivity index is 1.38. The van der Waals surface area contributed by atoms with E-state index in [0.29, 0.717) is 41.1 Å². The Bertz CT molecular complexity index is 1090. The normalized spacial score (nSPS) is 15.3. The van der Waals surface area contributed by atoms with Gasteiger partial charge in [-0.25, -0.2) is 9.37 Å². The number of amides is 1. The molecule has 1 aliphatic rings. The van der Waals surface area contributed by atoms with Crippen LogP contribution in [0.15, 0.2) is 42.6 Å². The zero-order valence-electron chi connectivity index (χ0n) is 17.5. The summed E-state index contributed by atoms with van der Waals surface area (Å²) in [7, 11) is 1.85. The first-order chi connectivity index (χ1) is 14.9. The van der Waals surface area contributed by atoms with Gasteiger partial charge in [0.1, 0.15) is 29.9 Å². The molecule has 0 bridgehead atoms. The molecule has 0 unspecified atom stereocenters. The molecule has 31 heavy (non-hydrogen) atoms. The molecule has 0 spiro atoms. The Labute approximate surface area is 179 Å². The van der Waals surface area contributed by atoms with Crippen molar-refractivity contribution in [3.05, 3.63) is 65.4 Å². The van der Waals surface area contributed by atoms with Gasteiger partial charge in [-0.05, 0) is 43.7 Å². The van der Waals surface area contributed by atoms with Gasteiger partial charge in [-0.15, -0.1) is 0 Å². The van der Waals surface area contributed by atoms with E-state index in [1.54, 1.807) is 6.07 Å².